The maximum atomic E-state index is 14.6. The second-order valence-electron chi connectivity index (χ2n) is 21.5. The number of alkyl halides is 2. The molecule has 8 N–H and O–H groups in total. The van der Waals surface area contributed by atoms with Crippen molar-refractivity contribution in [2.75, 3.05) is 18.0 Å². The van der Waals surface area contributed by atoms with Crippen LogP contribution in [0.1, 0.15) is 117 Å². The molecule has 426 valence electrons. The van der Waals surface area contributed by atoms with Gasteiger partial charge in [0.1, 0.15) is 24.2 Å². The number of unbranched alkanes of at least 4 members (excludes halogenated alkanes) is 2. The molecule has 2 fully saturated rings. The molecule has 0 spiro atoms. The van der Waals surface area contributed by atoms with Crippen LogP contribution in [0.25, 0.3) is 10.1 Å². The van der Waals surface area contributed by atoms with Gasteiger partial charge in [0.05, 0.1) is 10.6 Å². The smallest absolute Gasteiger partial charge is 0.370 e. The largest absolute Gasteiger partial charge is 0.399 e. The van der Waals surface area contributed by atoms with Gasteiger partial charge in [-0.25, -0.2) is 0 Å². The van der Waals surface area contributed by atoms with Crippen LogP contribution >= 0.6 is 18.9 Å². The standard InChI is InChI=1S/C59H58F2N7O12PS/c60-59(61,81(78,79)80)38-19-23-46-37(26-38)28-47(82-46)56(75)64-44-21-18-35-15-8-16-36-27-45(68(51(35)36)57(44)76)55(74)63-43(22-24-48(62)69)54(73)66-50(34-12-6-3-7-13-34)58(77)67-30-32(31-67)10-4-1-2-5-11-33-14-9-17-39-41(33)29-42(52(39)71)40-20-25-49(70)65-53(40)72/h3,6-9,12-17,19,23,26,28,32,40,42-45,50H,1-2,4,10,18,20-22,24-25,27,29-31H2,(H2,62,69)(H,63,74)(H,64,75)(H,66,73)(H,65,70,72)(H2,78,79,80)/t40?,42?,43-,44-,45-,50-/m0/s1. The van der Waals surface area contributed by atoms with Crippen LogP contribution in [0, 0.1) is 29.6 Å². The van der Waals surface area contributed by atoms with E-state index in [9.17, 15) is 66.3 Å². The van der Waals surface area contributed by atoms with Crippen LogP contribution in [0.5, 0.6) is 0 Å². The number of primary amides is 1. The lowest BCUT2D eigenvalue weighted by Gasteiger charge is -2.41. The van der Waals surface area contributed by atoms with E-state index in [4.69, 9.17) is 5.73 Å². The number of carbonyl (C=O) groups excluding carboxylic acids is 9. The third-order valence-electron chi connectivity index (χ3n) is 16.1. The van der Waals surface area contributed by atoms with Gasteiger partial charge >= 0.3 is 13.3 Å². The molecule has 23 heteroatoms. The Balaban J connectivity index is 0.763. The molecule has 5 aliphatic rings. The summed E-state index contributed by atoms with van der Waals surface area (Å²) in [4.78, 5) is 143. The minimum Gasteiger partial charge on any atom is -0.370 e. The average molecular weight is 1160 g/mol. The minimum absolute atomic E-state index is 0.0240. The third kappa shape index (κ3) is 11.7. The number of fused-ring (bicyclic) bond motifs is 2. The van der Waals surface area contributed by atoms with Crippen molar-refractivity contribution in [2.24, 2.45) is 23.5 Å². The Hall–Kier alpha value is -7.96. The number of ketones is 1. The highest BCUT2D eigenvalue weighted by Crippen LogP contribution is 2.59. The number of hydrogen-bond donors (Lipinski definition) is 7. The lowest BCUT2D eigenvalue weighted by atomic mass is 9.83. The molecular formula is C59H58F2N7O12PS. The van der Waals surface area contributed by atoms with Crippen molar-refractivity contribution in [3.8, 4) is 11.8 Å². The van der Waals surface area contributed by atoms with Gasteiger partial charge < -0.3 is 36.4 Å². The van der Waals surface area contributed by atoms with Crippen LogP contribution < -0.4 is 31.9 Å². The molecule has 4 aromatic carbocycles. The first kappa shape index (κ1) is 57.3. The molecule has 6 atom stereocenters. The van der Waals surface area contributed by atoms with Gasteiger partial charge in [-0.1, -0.05) is 85.0 Å². The number of anilines is 1. The van der Waals surface area contributed by atoms with Gasteiger partial charge in [0.2, 0.25) is 41.4 Å². The Morgan fingerprint density at radius 2 is 1.62 bits per heavy atom. The predicted octanol–water partition coefficient (Wildman–Crippen LogP) is 5.22. The van der Waals surface area contributed by atoms with Gasteiger partial charge in [0.15, 0.2) is 5.78 Å². The van der Waals surface area contributed by atoms with Crippen LogP contribution in [0.15, 0.2) is 91.0 Å². The summed E-state index contributed by atoms with van der Waals surface area (Å²) in [5, 5.41) is 10.8. The Morgan fingerprint density at radius 3 is 2.37 bits per heavy atom. The van der Waals surface area contributed by atoms with Gasteiger partial charge in [-0.05, 0) is 103 Å². The van der Waals surface area contributed by atoms with Crippen LogP contribution in [0.2, 0.25) is 0 Å². The monoisotopic (exact) mass is 1160 g/mol. The summed E-state index contributed by atoms with van der Waals surface area (Å²) in [6.07, 6.45) is 3.88. The Morgan fingerprint density at radius 1 is 0.866 bits per heavy atom. The third-order valence-corrected chi connectivity index (χ3v) is 18.2. The number of Topliss-reactive ketones (excluding diaryl/α,β-unsaturated/α-hetero) is 1. The van der Waals surface area contributed by atoms with E-state index in [0.29, 0.717) is 65.9 Å². The zero-order valence-electron chi connectivity index (χ0n) is 44.2. The number of thiophene rings is 1. The molecule has 5 aromatic rings. The second-order valence-corrected chi connectivity index (χ2v) is 24.2. The first-order valence-electron chi connectivity index (χ1n) is 27.1. The molecular weight excluding hydrogens is 1100 g/mol. The van der Waals surface area contributed by atoms with Gasteiger partial charge in [-0.3, -0.25) is 57.9 Å². The first-order chi connectivity index (χ1) is 39.2. The Labute approximate surface area is 473 Å². The summed E-state index contributed by atoms with van der Waals surface area (Å²) in [5.41, 5.74) is 4.62. The van der Waals surface area contributed by atoms with Crippen LogP contribution in [-0.4, -0.2) is 98.9 Å². The van der Waals surface area contributed by atoms with Gasteiger partial charge in [0, 0.05) is 72.0 Å². The average Bonchev–Trinajstić information content (AvgIpc) is 3.29. The van der Waals surface area contributed by atoms with Gasteiger partial charge in [-0.15, -0.1) is 11.3 Å². The maximum absolute atomic E-state index is 14.6. The number of nitrogens with two attached hydrogens (primary N) is 1. The van der Waals surface area contributed by atoms with Gasteiger partial charge in [-0.2, -0.15) is 8.78 Å². The van der Waals surface area contributed by atoms with E-state index in [2.05, 4.69) is 33.1 Å². The quantitative estimate of drug-likeness (QED) is 0.0257. The van der Waals surface area contributed by atoms with Crippen molar-refractivity contribution < 1.29 is 66.3 Å². The number of likely N-dealkylation sites (tertiary alicyclic amines) is 1. The van der Waals surface area contributed by atoms with Crippen molar-refractivity contribution in [2.45, 2.75) is 107 Å². The molecule has 5 heterocycles. The molecule has 4 aliphatic heterocycles. The Bertz CT molecular complexity index is 3570. The van der Waals surface area contributed by atoms with Crippen molar-refractivity contribution in [3.05, 3.63) is 135 Å². The number of imide groups is 1. The molecule has 2 unspecified atom stereocenters. The normalized spacial score (nSPS) is 20.3. The molecule has 8 amide bonds. The number of nitrogens with zero attached hydrogens (tertiary/aromatic N) is 2. The summed E-state index contributed by atoms with van der Waals surface area (Å²) in [7, 11) is -5.87. The summed E-state index contributed by atoms with van der Waals surface area (Å²) in [6.45, 7) is 0.877. The number of rotatable bonds is 18. The molecule has 82 heavy (non-hydrogen) atoms. The molecule has 2 saturated heterocycles. The van der Waals surface area contributed by atoms with Crippen LogP contribution in [-0.2, 0) is 63.1 Å². The van der Waals surface area contributed by atoms with E-state index in [0.717, 1.165) is 59.4 Å². The van der Waals surface area contributed by atoms with Crippen LogP contribution in [0.3, 0.4) is 0 Å². The zero-order chi connectivity index (χ0) is 58.2. The van der Waals surface area contributed by atoms with E-state index in [1.807, 2.05) is 6.07 Å². The highest BCUT2D eigenvalue weighted by molar-refractivity contribution is 7.52. The fourth-order valence-electron chi connectivity index (χ4n) is 11.7. The van der Waals surface area contributed by atoms with E-state index in [1.165, 1.54) is 17.0 Å². The van der Waals surface area contributed by atoms with Crippen molar-refractivity contribution >= 4 is 87.7 Å². The molecule has 10 rings (SSSR count). The zero-order valence-corrected chi connectivity index (χ0v) is 45.9. The molecule has 1 aliphatic carbocycles. The number of aryl methyl sites for hydroxylation is 1. The number of carbonyl (C=O) groups is 9. The molecule has 19 nitrogen and oxygen atoms in total. The number of nitrogens with one attached hydrogen (secondary N) is 4. The second kappa shape index (κ2) is 23.5. The number of piperidine rings is 1. The summed E-state index contributed by atoms with van der Waals surface area (Å²) in [6, 6.07) is 18.6. The summed E-state index contributed by atoms with van der Waals surface area (Å²) < 4.78 is 41.0. The van der Waals surface area contributed by atoms with E-state index in [1.54, 1.807) is 65.6 Å². The number of halogens is 2. The molecule has 0 saturated carbocycles. The highest BCUT2D eigenvalue weighted by atomic mass is 32.1. The summed E-state index contributed by atoms with van der Waals surface area (Å²) in [5.74, 6) is 0.718. The van der Waals surface area contributed by atoms with E-state index < -0.39 is 90.3 Å². The first-order valence-corrected chi connectivity index (χ1v) is 29.5. The van der Waals surface area contributed by atoms with E-state index >= 15 is 0 Å². The number of para-hydroxylation sites is 1. The minimum atomic E-state index is -5.87. The van der Waals surface area contributed by atoms with Crippen molar-refractivity contribution in [1.29, 1.82) is 0 Å². The van der Waals surface area contributed by atoms with Gasteiger partial charge in [0.25, 0.3) is 5.91 Å². The molecule has 1 aromatic heterocycles. The van der Waals surface area contributed by atoms with Crippen molar-refractivity contribution in [1.82, 2.24) is 26.2 Å². The maximum Gasteiger partial charge on any atom is 0.399 e. The lowest BCUT2D eigenvalue weighted by molar-refractivity contribution is -0.143. The fraction of sp³-hybridized carbons (Fsp3) is 0.373. The SMILES string of the molecule is NC(=O)CC[C@H](NC(=O)[C@@H]1Cc2cccc3c2N1C(=O)[C@@H](NC(=O)c1cc2cc(C(F)(F)P(=O)(O)O)ccc2s1)CC3)C(=O)N[C@H](C(=O)N1CC(CCCCC#Cc2cccc3c2CC(C2CCC(=O)NC2=O)C3=O)C1)c1ccccc1. The lowest BCUT2D eigenvalue weighted by Crippen LogP contribution is -2.58. The predicted molar refractivity (Wildman–Crippen MR) is 296 cm³/mol. The number of amides is 8. The van der Waals surface area contributed by atoms with Crippen molar-refractivity contribution in [3.63, 3.8) is 0 Å². The number of benzene rings is 4. The Kier molecular flexibility index (Phi) is 16.4. The molecule has 0 radical (unpaired) electrons. The highest BCUT2D eigenvalue weighted by Gasteiger charge is 2.51. The topological polar surface area (TPSA) is 292 Å². The van der Waals surface area contributed by atoms with E-state index in [-0.39, 0.29) is 65.9 Å². The van der Waals surface area contributed by atoms with Crippen LogP contribution in [0.4, 0.5) is 14.5 Å². The molecule has 0 bridgehead atoms. The fourth-order valence-corrected chi connectivity index (χ4v) is 13.1. The summed E-state index contributed by atoms with van der Waals surface area (Å²) >= 11 is 0.916. The number of hydrogen-bond acceptors (Lipinski definition) is 11.